The highest BCUT2D eigenvalue weighted by Gasteiger charge is 2.35. The largest absolute Gasteiger partial charge is 0.457 e. The summed E-state index contributed by atoms with van der Waals surface area (Å²) in [5.41, 5.74) is 8.95. The first-order valence-corrected chi connectivity index (χ1v) is 11.2. The van der Waals surface area contributed by atoms with E-state index < -0.39 is 17.3 Å². The van der Waals surface area contributed by atoms with Gasteiger partial charge in [-0.05, 0) is 30.2 Å². The fourth-order valence-electron chi connectivity index (χ4n) is 4.76. The van der Waals surface area contributed by atoms with Crippen LogP contribution in [-0.2, 0) is 24.1 Å². The standard InChI is InChI=1S/C24H22F3N7O2/c1-13-16(2-3-17-18(13)12-36-23(17)35)20-10-33(11-21(29)32-20)8-14-6-31-34(9-14)22-4-19(24(25,26)27)15(5-28)7-30-22/h2-4,6-7,9,20-21,32H,8,10-12,29H2,1H3/t20-,21+/m0/s1. The molecule has 2 atom stereocenters. The smallest absolute Gasteiger partial charge is 0.417 e. The maximum Gasteiger partial charge on any atom is 0.417 e. The summed E-state index contributed by atoms with van der Waals surface area (Å²) in [5, 5.41) is 16.5. The Bertz CT molecular complexity index is 1380. The number of nitrogens with one attached hydrogen (secondary N) is 1. The highest BCUT2D eigenvalue weighted by Crippen LogP contribution is 2.33. The summed E-state index contributed by atoms with van der Waals surface area (Å²) >= 11 is 0. The van der Waals surface area contributed by atoms with E-state index in [2.05, 4.69) is 20.3 Å². The van der Waals surface area contributed by atoms with Crippen molar-refractivity contribution >= 4 is 5.97 Å². The molecular weight excluding hydrogens is 475 g/mol. The Hall–Kier alpha value is -3.79. The van der Waals surface area contributed by atoms with E-state index in [1.807, 2.05) is 13.0 Å². The number of ether oxygens (including phenoxy) is 1. The average Bonchev–Trinajstić information content (AvgIpc) is 3.45. The first-order chi connectivity index (χ1) is 17.1. The maximum atomic E-state index is 13.3. The number of hydrogen-bond donors (Lipinski definition) is 2. The van der Waals surface area contributed by atoms with Gasteiger partial charge in [-0.2, -0.15) is 23.5 Å². The van der Waals surface area contributed by atoms with Crippen LogP contribution in [0.4, 0.5) is 13.2 Å². The van der Waals surface area contributed by atoms with Crippen molar-refractivity contribution in [3.63, 3.8) is 0 Å². The van der Waals surface area contributed by atoms with Crippen molar-refractivity contribution in [1.82, 2.24) is 25.0 Å². The molecule has 2 aromatic heterocycles. The second kappa shape index (κ2) is 9.02. The zero-order valence-corrected chi connectivity index (χ0v) is 19.2. The summed E-state index contributed by atoms with van der Waals surface area (Å²) in [7, 11) is 0. The minimum Gasteiger partial charge on any atom is -0.457 e. The van der Waals surface area contributed by atoms with E-state index in [4.69, 9.17) is 15.7 Å². The maximum absolute atomic E-state index is 13.3. The Morgan fingerprint density at radius 2 is 2.11 bits per heavy atom. The highest BCUT2D eigenvalue weighted by atomic mass is 19.4. The fourth-order valence-corrected chi connectivity index (χ4v) is 4.76. The topological polar surface area (TPSA) is 122 Å². The molecule has 0 aliphatic carbocycles. The van der Waals surface area contributed by atoms with E-state index in [-0.39, 0.29) is 30.6 Å². The molecule has 0 spiro atoms. The lowest BCUT2D eigenvalue weighted by atomic mass is 9.93. The quantitative estimate of drug-likeness (QED) is 0.528. The molecule has 0 saturated carbocycles. The molecule has 1 saturated heterocycles. The summed E-state index contributed by atoms with van der Waals surface area (Å²) in [4.78, 5) is 18.0. The number of halogens is 3. The van der Waals surface area contributed by atoms with Crippen molar-refractivity contribution in [2.24, 2.45) is 5.73 Å². The molecule has 3 aromatic rings. The Kier molecular flexibility index (Phi) is 5.99. The Balaban J connectivity index is 1.34. The monoisotopic (exact) mass is 497 g/mol. The van der Waals surface area contributed by atoms with Crippen molar-refractivity contribution < 1.29 is 22.7 Å². The number of pyridine rings is 1. The number of carbonyl (C=O) groups excluding carboxylic acids is 1. The van der Waals surface area contributed by atoms with Crippen molar-refractivity contribution in [2.45, 2.75) is 38.5 Å². The fraction of sp³-hybridized carbons (Fsp3) is 0.333. The number of alkyl halides is 3. The van der Waals surface area contributed by atoms with Gasteiger partial charge in [0.2, 0.25) is 0 Å². The molecule has 186 valence electrons. The zero-order chi connectivity index (χ0) is 25.6. The summed E-state index contributed by atoms with van der Waals surface area (Å²) < 4.78 is 46.4. The minimum atomic E-state index is -4.68. The van der Waals surface area contributed by atoms with Gasteiger partial charge in [-0.1, -0.05) is 6.07 Å². The van der Waals surface area contributed by atoms with Crippen LogP contribution in [-0.4, -0.2) is 44.9 Å². The first kappa shape index (κ1) is 23.9. The van der Waals surface area contributed by atoms with Crippen molar-refractivity contribution in [1.29, 1.82) is 5.26 Å². The Morgan fingerprint density at radius 1 is 1.31 bits per heavy atom. The number of hydrogen-bond acceptors (Lipinski definition) is 8. The third-order valence-electron chi connectivity index (χ3n) is 6.49. The number of fused-ring (bicyclic) bond motifs is 1. The van der Waals surface area contributed by atoms with Gasteiger partial charge in [-0.3, -0.25) is 10.2 Å². The van der Waals surface area contributed by atoms with Gasteiger partial charge in [-0.15, -0.1) is 0 Å². The Morgan fingerprint density at radius 3 is 2.86 bits per heavy atom. The lowest BCUT2D eigenvalue weighted by Crippen LogP contribution is -2.56. The number of nitriles is 1. The van der Waals surface area contributed by atoms with Gasteiger partial charge in [-0.25, -0.2) is 14.5 Å². The second-order valence-corrected chi connectivity index (χ2v) is 8.89. The van der Waals surface area contributed by atoms with Gasteiger partial charge in [0.1, 0.15) is 12.7 Å². The normalized spacial score (nSPS) is 20.2. The van der Waals surface area contributed by atoms with Crippen molar-refractivity contribution in [3.05, 3.63) is 75.7 Å². The summed E-state index contributed by atoms with van der Waals surface area (Å²) in [6.45, 7) is 3.88. The number of rotatable bonds is 4. The molecule has 5 rings (SSSR count). The van der Waals surface area contributed by atoms with Crippen LogP contribution in [0.5, 0.6) is 0 Å². The van der Waals surface area contributed by atoms with E-state index in [9.17, 15) is 18.0 Å². The number of carbonyl (C=O) groups is 1. The minimum absolute atomic E-state index is 0.0343. The number of cyclic esters (lactones) is 1. The van der Waals surface area contributed by atoms with Crippen LogP contribution in [0.15, 0.2) is 36.8 Å². The predicted molar refractivity (Wildman–Crippen MR) is 121 cm³/mol. The van der Waals surface area contributed by atoms with Crippen LogP contribution < -0.4 is 11.1 Å². The molecule has 0 radical (unpaired) electrons. The van der Waals surface area contributed by atoms with Gasteiger partial charge in [0.15, 0.2) is 5.82 Å². The number of benzene rings is 1. The van der Waals surface area contributed by atoms with Crippen LogP contribution in [0.3, 0.4) is 0 Å². The molecule has 9 nitrogen and oxygen atoms in total. The SMILES string of the molecule is Cc1c([C@@H]2CN(Cc3cnn(-c4cc(C(F)(F)F)c(C#N)cn4)c3)C[C@H](N)N2)ccc2c1COC2=O. The molecule has 4 heterocycles. The molecule has 1 aromatic carbocycles. The van der Waals surface area contributed by atoms with Gasteiger partial charge >= 0.3 is 12.1 Å². The highest BCUT2D eigenvalue weighted by molar-refractivity contribution is 5.94. The predicted octanol–water partition coefficient (Wildman–Crippen LogP) is 2.57. The number of nitrogens with two attached hydrogens (primary N) is 1. The summed E-state index contributed by atoms with van der Waals surface area (Å²) in [6.07, 6.45) is -0.907. The van der Waals surface area contributed by atoms with Crippen LogP contribution in [0.25, 0.3) is 5.82 Å². The van der Waals surface area contributed by atoms with Gasteiger partial charge in [0.25, 0.3) is 0 Å². The van der Waals surface area contributed by atoms with E-state index in [1.54, 1.807) is 18.5 Å². The molecular formula is C24H22F3N7O2. The van der Waals surface area contributed by atoms with Crippen molar-refractivity contribution in [2.75, 3.05) is 13.1 Å². The molecule has 3 N–H and O–H groups in total. The van der Waals surface area contributed by atoms with E-state index >= 15 is 0 Å². The number of aromatic nitrogens is 3. The van der Waals surface area contributed by atoms with Gasteiger partial charge in [0, 0.05) is 49.2 Å². The molecule has 12 heteroatoms. The van der Waals surface area contributed by atoms with Crippen LogP contribution in [0, 0.1) is 18.3 Å². The molecule has 0 unspecified atom stereocenters. The zero-order valence-electron chi connectivity index (χ0n) is 19.2. The summed E-state index contributed by atoms with van der Waals surface area (Å²) in [5.74, 6) is -0.348. The molecule has 2 aliphatic heterocycles. The molecule has 36 heavy (non-hydrogen) atoms. The lowest BCUT2D eigenvalue weighted by molar-refractivity contribution is -0.137. The first-order valence-electron chi connectivity index (χ1n) is 11.2. The van der Waals surface area contributed by atoms with Crippen LogP contribution in [0.1, 0.15) is 49.8 Å². The van der Waals surface area contributed by atoms with Crippen molar-refractivity contribution in [3.8, 4) is 11.9 Å². The van der Waals surface area contributed by atoms with Crippen LogP contribution >= 0.6 is 0 Å². The second-order valence-electron chi connectivity index (χ2n) is 8.89. The lowest BCUT2D eigenvalue weighted by Gasteiger charge is -2.38. The molecule has 0 amide bonds. The molecule has 0 bridgehead atoms. The van der Waals surface area contributed by atoms with Crippen LogP contribution in [0.2, 0.25) is 0 Å². The number of piperazine rings is 1. The van der Waals surface area contributed by atoms with E-state index in [0.29, 0.717) is 25.2 Å². The number of esters is 1. The third-order valence-corrected chi connectivity index (χ3v) is 6.49. The Labute approximate surface area is 204 Å². The molecule has 2 aliphatic rings. The summed E-state index contributed by atoms with van der Waals surface area (Å²) in [6, 6.07) is 5.95. The van der Waals surface area contributed by atoms with Gasteiger partial charge in [0.05, 0.1) is 29.1 Å². The molecule has 1 fully saturated rings. The van der Waals surface area contributed by atoms with E-state index in [0.717, 1.165) is 34.5 Å². The number of nitrogens with zero attached hydrogens (tertiary/aromatic N) is 5. The van der Waals surface area contributed by atoms with Gasteiger partial charge < -0.3 is 10.5 Å². The van der Waals surface area contributed by atoms with E-state index in [1.165, 1.54) is 10.8 Å². The third kappa shape index (κ3) is 4.44. The average molecular weight is 497 g/mol.